The molecule has 0 atom stereocenters. The summed E-state index contributed by atoms with van der Waals surface area (Å²) in [6, 6.07) is 62.6. The van der Waals surface area contributed by atoms with Crippen LogP contribution in [0.25, 0.3) is 21.5 Å². The molecule has 0 nitrogen and oxygen atoms in total. The first-order valence-corrected chi connectivity index (χ1v) is 16.3. The zero-order valence-corrected chi connectivity index (χ0v) is 23.8. The van der Waals surface area contributed by atoms with Gasteiger partial charge < -0.3 is 0 Å². The van der Waals surface area contributed by atoms with Gasteiger partial charge in [0, 0.05) is 10.6 Å². The van der Waals surface area contributed by atoms with Crippen molar-refractivity contribution in [2.45, 2.75) is 0 Å². The highest BCUT2D eigenvalue weighted by molar-refractivity contribution is 7.81. The number of hydrogen-bond donors (Lipinski definition) is 0. The molecule has 0 N–H and O–H groups in total. The second-order valence-corrected chi connectivity index (χ2v) is 14.1. The van der Waals surface area contributed by atoms with Gasteiger partial charge in [0.15, 0.2) is 0 Å². The molecule has 0 heterocycles. The summed E-state index contributed by atoms with van der Waals surface area (Å²) in [7, 11) is -1.56. The molecular formula is C38H28P2. The highest BCUT2D eigenvalue weighted by Crippen LogP contribution is 2.43. The molecule has 2 heteroatoms. The minimum Gasteiger partial charge on any atom is -0.0622 e. The maximum atomic E-state index is 2.35. The van der Waals surface area contributed by atoms with Crippen molar-refractivity contribution in [1.82, 2.24) is 0 Å². The molecule has 0 saturated heterocycles. The summed E-state index contributed by atoms with van der Waals surface area (Å²) in [5.74, 6) is 0. The van der Waals surface area contributed by atoms with Crippen molar-refractivity contribution < 1.29 is 0 Å². The third-order valence-corrected chi connectivity index (χ3v) is 12.5. The Morgan fingerprint density at radius 2 is 0.425 bits per heavy atom. The molecule has 0 aliphatic rings. The number of benzene rings is 7. The Bertz CT molecular complexity index is 1610. The van der Waals surface area contributed by atoms with E-state index in [1.165, 1.54) is 53.4 Å². The van der Waals surface area contributed by atoms with Crippen molar-refractivity contribution in [3.8, 4) is 0 Å². The molecule has 7 aromatic carbocycles. The summed E-state index contributed by atoms with van der Waals surface area (Å²) in [6.45, 7) is 0. The van der Waals surface area contributed by atoms with Gasteiger partial charge in [-0.1, -0.05) is 170 Å². The van der Waals surface area contributed by atoms with Crippen molar-refractivity contribution in [2.24, 2.45) is 0 Å². The number of fused-ring (bicyclic) bond motifs is 2. The highest BCUT2D eigenvalue weighted by atomic mass is 31.1. The average molecular weight is 547 g/mol. The third kappa shape index (κ3) is 4.55. The molecule has 7 rings (SSSR count). The van der Waals surface area contributed by atoms with Crippen LogP contribution in [0.5, 0.6) is 0 Å². The Morgan fingerprint density at radius 1 is 0.225 bits per heavy atom. The fourth-order valence-electron chi connectivity index (χ4n) is 5.69. The van der Waals surface area contributed by atoms with E-state index in [0.29, 0.717) is 0 Å². The van der Waals surface area contributed by atoms with Crippen LogP contribution in [0.2, 0.25) is 0 Å². The summed E-state index contributed by atoms with van der Waals surface area (Å²) >= 11 is 0. The lowest BCUT2D eigenvalue weighted by atomic mass is 10.0. The van der Waals surface area contributed by atoms with Crippen LogP contribution in [0.1, 0.15) is 0 Å². The monoisotopic (exact) mass is 546 g/mol. The molecule has 0 aliphatic carbocycles. The van der Waals surface area contributed by atoms with E-state index in [1.54, 1.807) is 0 Å². The first-order valence-electron chi connectivity index (χ1n) is 13.6. The van der Waals surface area contributed by atoms with Crippen LogP contribution in [0.4, 0.5) is 0 Å². The van der Waals surface area contributed by atoms with Crippen LogP contribution < -0.4 is 31.8 Å². The SMILES string of the molecule is c1ccc(P(c2ccccc2)c2c3ccccc3c(P(c3ccccc3)c3ccccc3)c3ccccc23)cc1. The summed E-state index contributed by atoms with van der Waals surface area (Å²) in [5.41, 5.74) is 0. The first-order chi connectivity index (χ1) is 19.9. The van der Waals surface area contributed by atoms with Crippen LogP contribution in [0, 0.1) is 0 Å². The van der Waals surface area contributed by atoms with E-state index in [9.17, 15) is 0 Å². The van der Waals surface area contributed by atoms with Gasteiger partial charge in [-0.25, -0.2) is 0 Å². The zero-order chi connectivity index (χ0) is 26.7. The van der Waals surface area contributed by atoms with Gasteiger partial charge in [0.2, 0.25) is 0 Å². The third-order valence-electron chi connectivity index (χ3n) is 7.38. The Balaban J connectivity index is 1.62. The molecule has 0 bridgehead atoms. The van der Waals surface area contributed by atoms with Crippen LogP contribution in [0.3, 0.4) is 0 Å². The van der Waals surface area contributed by atoms with E-state index in [1.807, 2.05) is 0 Å². The normalized spacial score (nSPS) is 11.4. The summed E-state index contributed by atoms with van der Waals surface area (Å²) < 4.78 is 0. The second-order valence-electron chi connectivity index (χ2n) is 9.80. The van der Waals surface area contributed by atoms with Crippen LogP contribution in [-0.2, 0) is 0 Å². The zero-order valence-electron chi connectivity index (χ0n) is 22.1. The number of rotatable bonds is 6. The van der Waals surface area contributed by atoms with E-state index in [-0.39, 0.29) is 0 Å². The van der Waals surface area contributed by atoms with Crippen LogP contribution in [0.15, 0.2) is 170 Å². The first kappa shape index (κ1) is 24.9. The van der Waals surface area contributed by atoms with Gasteiger partial charge in [0.05, 0.1) is 0 Å². The largest absolute Gasteiger partial charge is 0.0622 e. The van der Waals surface area contributed by atoms with E-state index < -0.39 is 15.8 Å². The van der Waals surface area contributed by atoms with Gasteiger partial charge in [-0.3, -0.25) is 0 Å². The minimum absolute atomic E-state index is 0.779. The number of hydrogen-bond acceptors (Lipinski definition) is 0. The van der Waals surface area contributed by atoms with Crippen molar-refractivity contribution >= 4 is 69.2 Å². The van der Waals surface area contributed by atoms with E-state index in [4.69, 9.17) is 0 Å². The highest BCUT2D eigenvalue weighted by Gasteiger charge is 2.27. The van der Waals surface area contributed by atoms with E-state index >= 15 is 0 Å². The molecule has 0 saturated carbocycles. The predicted octanol–water partition coefficient (Wildman–Crippen LogP) is 7.51. The molecule has 40 heavy (non-hydrogen) atoms. The van der Waals surface area contributed by atoms with E-state index in [2.05, 4.69) is 170 Å². The molecule has 7 aromatic rings. The summed E-state index contributed by atoms with van der Waals surface area (Å²) in [5, 5.41) is 13.8. The average Bonchev–Trinajstić information content (AvgIpc) is 3.04. The van der Waals surface area contributed by atoms with Crippen molar-refractivity contribution in [3.05, 3.63) is 170 Å². The van der Waals surface area contributed by atoms with Crippen LogP contribution >= 0.6 is 15.8 Å². The maximum absolute atomic E-state index is 2.35. The van der Waals surface area contributed by atoms with Gasteiger partial charge in [-0.15, -0.1) is 0 Å². The van der Waals surface area contributed by atoms with Crippen LogP contribution in [-0.4, -0.2) is 0 Å². The molecule has 0 aromatic heterocycles. The topological polar surface area (TPSA) is 0 Å². The lowest BCUT2D eigenvalue weighted by Crippen LogP contribution is -2.27. The minimum atomic E-state index is -0.779. The Hall–Kier alpha value is -4.08. The van der Waals surface area contributed by atoms with E-state index in [0.717, 1.165) is 0 Å². The molecule has 0 aliphatic heterocycles. The fourth-order valence-corrected chi connectivity index (χ4v) is 10.9. The quantitative estimate of drug-likeness (QED) is 0.150. The molecule has 0 radical (unpaired) electrons. The smallest absolute Gasteiger partial charge is 0.000642 e. The fraction of sp³-hybridized carbons (Fsp3) is 0. The van der Waals surface area contributed by atoms with Crippen molar-refractivity contribution in [2.75, 3.05) is 0 Å². The molecule has 0 amide bonds. The Morgan fingerprint density at radius 3 is 0.650 bits per heavy atom. The molecule has 0 fully saturated rings. The molecule has 0 unspecified atom stereocenters. The lowest BCUT2D eigenvalue weighted by Gasteiger charge is -2.28. The standard InChI is InChI=1S/C38H28P2/c1-5-17-29(18-6-1)39(30-19-7-2-8-20-30)37-33-25-13-15-27-35(33)38(36-28-16-14-26-34(36)37)40(31-21-9-3-10-22-31)32-23-11-4-12-24-32/h1-28H. The van der Waals surface area contributed by atoms with Gasteiger partial charge in [0.1, 0.15) is 0 Å². The Kier molecular flexibility index (Phi) is 6.97. The van der Waals surface area contributed by atoms with Crippen molar-refractivity contribution in [3.63, 3.8) is 0 Å². The molecule has 0 spiro atoms. The Labute approximate surface area is 238 Å². The lowest BCUT2D eigenvalue weighted by molar-refractivity contribution is 1.75. The molecule has 190 valence electrons. The maximum Gasteiger partial charge on any atom is 0.000642 e. The predicted molar refractivity (Wildman–Crippen MR) is 179 cm³/mol. The summed E-state index contributed by atoms with van der Waals surface area (Å²) in [6.07, 6.45) is 0. The van der Waals surface area contributed by atoms with Gasteiger partial charge in [-0.2, -0.15) is 0 Å². The van der Waals surface area contributed by atoms with Crippen molar-refractivity contribution in [1.29, 1.82) is 0 Å². The second kappa shape index (κ2) is 11.2. The summed E-state index contributed by atoms with van der Waals surface area (Å²) in [4.78, 5) is 0. The van der Waals surface area contributed by atoms with Gasteiger partial charge in [0.25, 0.3) is 0 Å². The van der Waals surface area contributed by atoms with Gasteiger partial charge >= 0.3 is 0 Å². The van der Waals surface area contributed by atoms with Gasteiger partial charge in [-0.05, 0) is 58.6 Å². The molecular weight excluding hydrogens is 518 g/mol.